The number of carbonyl (C=O) groups excluding carboxylic acids is 2. The van der Waals surface area contributed by atoms with Crippen LogP contribution in [0, 0.1) is 0 Å². The minimum Gasteiger partial charge on any atom is -0.292 e. The van der Waals surface area contributed by atoms with Crippen LogP contribution >= 0.6 is 0 Å². The van der Waals surface area contributed by atoms with Gasteiger partial charge < -0.3 is 0 Å². The van der Waals surface area contributed by atoms with Crippen LogP contribution in [0.1, 0.15) is 57.8 Å². The molecule has 0 saturated heterocycles. The molecule has 1 aromatic rings. The van der Waals surface area contributed by atoms with E-state index in [1.54, 1.807) is 0 Å². The zero-order chi connectivity index (χ0) is 11.1. The van der Waals surface area contributed by atoms with Gasteiger partial charge in [0.2, 0.25) is 0 Å². The highest BCUT2D eigenvalue weighted by Crippen LogP contribution is 2.26. The Labute approximate surface area is 93.9 Å². The third-order valence-corrected chi connectivity index (χ3v) is 3.41. The van der Waals surface area contributed by atoms with E-state index in [2.05, 4.69) is 4.98 Å². The van der Waals surface area contributed by atoms with Gasteiger partial charge in [-0.1, -0.05) is 6.07 Å². The van der Waals surface area contributed by atoms with Crippen molar-refractivity contribution in [2.24, 2.45) is 0 Å². The number of hydrogen-bond donors (Lipinski definition) is 0. The van der Waals surface area contributed by atoms with Crippen LogP contribution in [0.5, 0.6) is 0 Å². The lowest BCUT2D eigenvalue weighted by molar-refractivity contribution is 0.0961. The molecule has 0 bridgehead atoms. The summed E-state index contributed by atoms with van der Waals surface area (Å²) in [4.78, 5) is 27.7. The molecule has 2 aliphatic carbocycles. The van der Waals surface area contributed by atoms with E-state index in [-0.39, 0.29) is 11.6 Å². The summed E-state index contributed by atoms with van der Waals surface area (Å²) in [6.45, 7) is 0. The smallest absolute Gasteiger partial charge is 0.181 e. The van der Waals surface area contributed by atoms with Gasteiger partial charge in [0.1, 0.15) is 11.4 Å². The first-order valence-corrected chi connectivity index (χ1v) is 5.85. The van der Waals surface area contributed by atoms with E-state index in [9.17, 15) is 9.59 Å². The number of aromatic nitrogens is 1. The fraction of sp³-hybridized carbons (Fsp3) is 0.462. The Morgan fingerprint density at radius 1 is 0.812 bits per heavy atom. The van der Waals surface area contributed by atoms with Gasteiger partial charge in [0.05, 0.1) is 0 Å². The molecule has 2 aliphatic rings. The van der Waals surface area contributed by atoms with Crippen LogP contribution in [0.3, 0.4) is 0 Å². The average Bonchev–Trinajstić information content (AvgIpc) is 2.28. The zero-order valence-electron chi connectivity index (χ0n) is 9.08. The number of carbonyl (C=O) groups is 2. The van der Waals surface area contributed by atoms with Gasteiger partial charge in [0.15, 0.2) is 11.6 Å². The van der Waals surface area contributed by atoms with Crippen molar-refractivity contribution in [3.8, 4) is 0 Å². The van der Waals surface area contributed by atoms with Crippen molar-refractivity contribution >= 4 is 11.6 Å². The molecule has 0 amide bonds. The van der Waals surface area contributed by atoms with Gasteiger partial charge in [-0.05, 0) is 36.8 Å². The average molecular weight is 215 g/mol. The summed E-state index contributed by atoms with van der Waals surface area (Å²) in [5, 5.41) is 0. The number of rotatable bonds is 0. The van der Waals surface area contributed by atoms with Crippen molar-refractivity contribution in [2.45, 2.75) is 38.5 Å². The highest BCUT2D eigenvalue weighted by molar-refractivity contribution is 6.01. The van der Waals surface area contributed by atoms with E-state index < -0.39 is 0 Å². The predicted molar refractivity (Wildman–Crippen MR) is 58.8 cm³/mol. The summed E-state index contributed by atoms with van der Waals surface area (Å²) in [5.41, 5.74) is 3.20. The molecule has 0 unspecified atom stereocenters. The topological polar surface area (TPSA) is 47.0 Å². The van der Waals surface area contributed by atoms with Gasteiger partial charge in [-0.25, -0.2) is 4.98 Å². The van der Waals surface area contributed by atoms with Crippen LogP contribution in [0.4, 0.5) is 0 Å². The molecule has 1 aromatic heterocycles. The van der Waals surface area contributed by atoms with Crippen molar-refractivity contribution < 1.29 is 9.59 Å². The Balaban J connectivity index is 2.18. The van der Waals surface area contributed by atoms with Crippen molar-refractivity contribution in [1.29, 1.82) is 0 Å². The first-order chi connectivity index (χ1) is 7.75. The second kappa shape index (κ2) is 3.51. The van der Waals surface area contributed by atoms with Gasteiger partial charge in [-0.3, -0.25) is 9.59 Å². The fourth-order valence-electron chi connectivity index (χ4n) is 2.58. The van der Waals surface area contributed by atoms with E-state index in [0.29, 0.717) is 24.2 Å². The molecule has 3 nitrogen and oxygen atoms in total. The molecule has 1 heterocycles. The van der Waals surface area contributed by atoms with E-state index in [0.717, 1.165) is 36.8 Å². The van der Waals surface area contributed by atoms with Gasteiger partial charge in [-0.2, -0.15) is 0 Å². The number of hydrogen-bond acceptors (Lipinski definition) is 3. The molecule has 0 aliphatic heterocycles. The number of fused-ring (bicyclic) bond motifs is 2. The molecule has 3 heteroatoms. The van der Waals surface area contributed by atoms with E-state index in [1.807, 2.05) is 6.07 Å². The molecule has 16 heavy (non-hydrogen) atoms. The molecule has 0 radical (unpaired) electrons. The lowest BCUT2D eigenvalue weighted by atomic mass is 9.88. The molecule has 0 fully saturated rings. The molecule has 0 saturated carbocycles. The summed E-state index contributed by atoms with van der Waals surface area (Å²) < 4.78 is 0. The number of Topliss-reactive ketones (excluding diaryl/α,β-unsaturated/α-hetero) is 2. The summed E-state index contributed by atoms with van der Waals surface area (Å²) in [7, 11) is 0. The Bertz CT molecular complexity index is 450. The van der Waals surface area contributed by atoms with Gasteiger partial charge in [-0.15, -0.1) is 0 Å². The quantitative estimate of drug-likeness (QED) is 0.666. The summed E-state index contributed by atoms with van der Waals surface area (Å²) >= 11 is 0. The molecule has 0 aromatic carbocycles. The lowest BCUT2D eigenvalue weighted by Crippen LogP contribution is -2.20. The maximum Gasteiger partial charge on any atom is 0.181 e. The second-order valence-corrected chi connectivity index (χ2v) is 4.56. The molecular formula is C13H13NO2. The minimum absolute atomic E-state index is 0.0995. The Morgan fingerprint density at radius 2 is 1.31 bits per heavy atom. The van der Waals surface area contributed by atoms with Crippen molar-refractivity contribution in [3.63, 3.8) is 0 Å². The van der Waals surface area contributed by atoms with E-state index in [1.165, 1.54) is 0 Å². The van der Waals surface area contributed by atoms with Crippen LogP contribution in [0.15, 0.2) is 6.07 Å². The summed E-state index contributed by atoms with van der Waals surface area (Å²) in [6.07, 6.45) is 4.84. The Hall–Kier alpha value is -1.51. The third kappa shape index (κ3) is 1.39. The van der Waals surface area contributed by atoms with Crippen LogP contribution in [0.2, 0.25) is 0 Å². The third-order valence-electron chi connectivity index (χ3n) is 3.41. The van der Waals surface area contributed by atoms with Gasteiger partial charge >= 0.3 is 0 Å². The standard InChI is InChI=1S/C13H13NO2/c15-10-5-1-3-8-7-9-4-2-6-11(16)13(9)14-12(8)10/h7H,1-6H2. The second-order valence-electron chi connectivity index (χ2n) is 4.56. The lowest BCUT2D eigenvalue weighted by Gasteiger charge is -2.19. The molecule has 0 atom stereocenters. The first kappa shape index (κ1) is 9.70. The normalized spacial score (nSPS) is 19.2. The minimum atomic E-state index is 0.0995. The maximum absolute atomic E-state index is 11.7. The molecule has 0 spiro atoms. The summed E-state index contributed by atoms with van der Waals surface area (Å²) in [6, 6.07) is 2.03. The first-order valence-electron chi connectivity index (χ1n) is 5.85. The Kier molecular flexibility index (Phi) is 2.13. The highest BCUT2D eigenvalue weighted by Gasteiger charge is 2.25. The monoisotopic (exact) mass is 215 g/mol. The van der Waals surface area contributed by atoms with Crippen LogP contribution < -0.4 is 0 Å². The SMILES string of the molecule is O=C1CCCc2cc3c(nc21)C(=O)CCC3. The van der Waals surface area contributed by atoms with E-state index in [4.69, 9.17) is 0 Å². The highest BCUT2D eigenvalue weighted by atomic mass is 16.1. The maximum atomic E-state index is 11.7. The van der Waals surface area contributed by atoms with Gasteiger partial charge in [0.25, 0.3) is 0 Å². The molecule has 0 N–H and O–H groups in total. The fourth-order valence-corrected chi connectivity index (χ4v) is 2.58. The Morgan fingerprint density at radius 3 is 1.81 bits per heavy atom. The number of aryl methyl sites for hydroxylation is 2. The largest absolute Gasteiger partial charge is 0.292 e. The van der Waals surface area contributed by atoms with Crippen LogP contribution in [0.25, 0.3) is 0 Å². The number of nitrogens with zero attached hydrogens (tertiary/aromatic N) is 1. The molecule has 3 rings (SSSR count). The van der Waals surface area contributed by atoms with E-state index >= 15 is 0 Å². The van der Waals surface area contributed by atoms with Crippen LogP contribution in [-0.4, -0.2) is 16.6 Å². The van der Waals surface area contributed by atoms with Crippen molar-refractivity contribution in [3.05, 3.63) is 28.6 Å². The molecular weight excluding hydrogens is 202 g/mol. The number of pyridine rings is 1. The van der Waals surface area contributed by atoms with Crippen molar-refractivity contribution in [1.82, 2.24) is 4.98 Å². The summed E-state index contributed by atoms with van der Waals surface area (Å²) in [5.74, 6) is 0.199. The molecule has 82 valence electrons. The predicted octanol–water partition coefficient (Wildman–Crippen LogP) is 2.12. The van der Waals surface area contributed by atoms with Gasteiger partial charge in [0, 0.05) is 12.8 Å². The van der Waals surface area contributed by atoms with Crippen LogP contribution in [-0.2, 0) is 12.8 Å². The van der Waals surface area contributed by atoms with Crippen molar-refractivity contribution in [2.75, 3.05) is 0 Å². The zero-order valence-corrected chi connectivity index (χ0v) is 9.08. The number of ketones is 2.